The molecule has 0 radical (unpaired) electrons. The first-order valence-electron chi connectivity index (χ1n) is 24.5. The first-order chi connectivity index (χ1) is 30.9. The van der Waals surface area contributed by atoms with E-state index < -0.39 is 53.3 Å². The minimum atomic E-state index is -1.98. The second-order valence-corrected chi connectivity index (χ2v) is 20.6. The molecule has 4 aliphatic rings. The number of fused-ring (bicyclic) bond motifs is 4. The van der Waals surface area contributed by atoms with Crippen molar-refractivity contribution >= 4 is 34.2 Å². The molecule has 2 saturated carbocycles. The molecule has 2 aliphatic carbocycles. The zero-order valence-electron chi connectivity index (χ0n) is 40.5. The Kier molecular flexibility index (Phi) is 17.1. The fraction of sp³-hybridized carbons (Fsp3) is 0.698. The predicted molar refractivity (Wildman–Crippen MR) is 251 cm³/mol. The topological polar surface area (TPSA) is 165 Å². The Hall–Kier alpha value is -3.68. The zero-order chi connectivity index (χ0) is 47.3. The van der Waals surface area contributed by atoms with Crippen LogP contribution in [-0.4, -0.2) is 111 Å². The van der Waals surface area contributed by atoms with Crippen LogP contribution in [0, 0.1) is 41.4 Å². The van der Waals surface area contributed by atoms with Gasteiger partial charge in [-0.2, -0.15) is 0 Å². The quantitative estimate of drug-likeness (QED) is 0.185. The number of ketones is 3. The molecule has 2 aliphatic heterocycles. The summed E-state index contributed by atoms with van der Waals surface area (Å²) in [6.45, 7) is 12.0. The van der Waals surface area contributed by atoms with Crippen LogP contribution in [-0.2, 0) is 35.7 Å². The number of aryl methyl sites for hydroxylation is 1. The van der Waals surface area contributed by atoms with E-state index in [4.69, 9.17) is 14.2 Å². The number of hydrogen-bond donors (Lipinski definition) is 3. The number of aliphatic hydroxyl groups is 3. The van der Waals surface area contributed by atoms with Gasteiger partial charge < -0.3 is 39.0 Å². The van der Waals surface area contributed by atoms with Crippen LogP contribution in [0.5, 0.6) is 5.75 Å². The first-order valence-corrected chi connectivity index (χ1v) is 24.5. The molecule has 2 bridgehead atoms. The molecule has 1 amide bonds. The highest BCUT2D eigenvalue weighted by Gasteiger charge is 2.55. The van der Waals surface area contributed by atoms with Gasteiger partial charge in [0.1, 0.15) is 23.2 Å². The molecule has 360 valence electrons. The SMILES string of the molecule is CCC1/C=C(\C)CC(C)CC(OC)C2CC(O)(C(=O)C(=O)N3CCCCC3C(=O)CC(C(C)=CC3CCC(Oc4ccc5c(ccn5C)c4)C(O)C3)C(C)C(O)CC1=O)C(C)CC2OC. The monoisotopic (exact) mass is 903 g/mol. The molecule has 3 heterocycles. The average Bonchev–Trinajstić information content (AvgIpc) is 3.65. The van der Waals surface area contributed by atoms with Crippen molar-refractivity contribution in [1.82, 2.24) is 9.47 Å². The van der Waals surface area contributed by atoms with Crippen LogP contribution in [0.25, 0.3) is 10.9 Å². The highest BCUT2D eigenvalue weighted by atomic mass is 16.5. The molecule has 3 N–H and O–H groups in total. The number of carbonyl (C=O) groups is 4. The lowest BCUT2D eigenvalue weighted by Crippen LogP contribution is -2.61. The summed E-state index contributed by atoms with van der Waals surface area (Å²) in [7, 11) is 5.25. The number of aromatic nitrogens is 1. The lowest BCUT2D eigenvalue weighted by molar-refractivity contribution is -0.176. The van der Waals surface area contributed by atoms with Crippen LogP contribution in [0.3, 0.4) is 0 Å². The van der Waals surface area contributed by atoms with Crippen molar-refractivity contribution < 1.29 is 48.7 Å². The number of nitrogens with zero attached hydrogens (tertiary/aromatic N) is 2. The standard InChI is InChI=1S/C53H78N2O10/c1-10-37-22-31(2)21-32(3)23-49(63-8)41-30-53(62,34(5)25-50(41)64-9)51(60)52(61)55-19-12-11-13-43(55)46(58)28-40(35(6)44(56)29-45(37)57)33(4)24-36-14-17-48(47(59)26-36)65-39-15-16-42-38(27-39)18-20-54(42)7/h15-16,18,20,22,24,27,32,34-37,40-41,43-44,47-50,56,59,62H,10-14,17,19,21,23,25-26,28-30H2,1-9H3/b31-22+,33-24?. The summed E-state index contributed by atoms with van der Waals surface area (Å²) in [5.41, 5.74) is 1.05. The zero-order valence-corrected chi connectivity index (χ0v) is 40.5. The summed E-state index contributed by atoms with van der Waals surface area (Å²) in [5.74, 6) is -3.54. The third-order valence-corrected chi connectivity index (χ3v) is 16.0. The second kappa shape index (κ2) is 22.0. The molecule has 1 aromatic carbocycles. The van der Waals surface area contributed by atoms with E-state index in [1.807, 2.05) is 75.8 Å². The molecule has 12 heteroatoms. The van der Waals surface area contributed by atoms with Gasteiger partial charge in [-0.05, 0) is 138 Å². The van der Waals surface area contributed by atoms with Crippen molar-refractivity contribution in [3.63, 3.8) is 0 Å². The van der Waals surface area contributed by atoms with E-state index in [1.165, 1.54) is 4.90 Å². The number of hydrogen-bond acceptors (Lipinski definition) is 10. The van der Waals surface area contributed by atoms with E-state index in [0.29, 0.717) is 63.5 Å². The molecule has 3 fully saturated rings. The summed E-state index contributed by atoms with van der Waals surface area (Å²) < 4.78 is 20.4. The van der Waals surface area contributed by atoms with Crippen molar-refractivity contribution in [2.45, 2.75) is 167 Å². The second-order valence-electron chi connectivity index (χ2n) is 20.6. The van der Waals surface area contributed by atoms with Gasteiger partial charge in [0.05, 0.1) is 30.5 Å². The van der Waals surface area contributed by atoms with Gasteiger partial charge in [0.2, 0.25) is 0 Å². The van der Waals surface area contributed by atoms with Gasteiger partial charge in [-0.1, -0.05) is 51.0 Å². The summed E-state index contributed by atoms with van der Waals surface area (Å²) in [5, 5.41) is 36.7. The summed E-state index contributed by atoms with van der Waals surface area (Å²) in [4.78, 5) is 59.1. The molecule has 6 rings (SSSR count). The Labute approximate surface area is 387 Å². The molecule has 14 atom stereocenters. The molecule has 65 heavy (non-hydrogen) atoms. The number of piperidine rings is 1. The van der Waals surface area contributed by atoms with E-state index in [1.54, 1.807) is 21.1 Å². The van der Waals surface area contributed by atoms with Crippen LogP contribution in [0.15, 0.2) is 53.8 Å². The summed E-state index contributed by atoms with van der Waals surface area (Å²) in [6, 6.07) is 7.10. The van der Waals surface area contributed by atoms with Crippen molar-refractivity contribution in [3.05, 3.63) is 53.8 Å². The number of rotatable bonds is 7. The highest BCUT2D eigenvalue weighted by Crippen LogP contribution is 2.44. The number of allylic oxidation sites excluding steroid dienone is 4. The Morgan fingerprint density at radius 3 is 2.29 bits per heavy atom. The normalized spacial score (nSPS) is 37.6. The number of Topliss-reactive ketones (excluding diaryl/α,β-unsaturated/α-hetero) is 3. The Balaban J connectivity index is 1.29. The third-order valence-electron chi connectivity index (χ3n) is 16.0. The molecule has 2 aromatic rings. The Bertz CT molecular complexity index is 2060. The first kappa shape index (κ1) is 50.7. The van der Waals surface area contributed by atoms with Gasteiger partial charge in [-0.3, -0.25) is 19.2 Å². The van der Waals surface area contributed by atoms with Crippen molar-refractivity contribution in [2.24, 2.45) is 48.5 Å². The van der Waals surface area contributed by atoms with E-state index in [9.17, 15) is 34.5 Å². The number of methoxy groups -OCH3 is 2. The largest absolute Gasteiger partial charge is 0.488 e. The van der Waals surface area contributed by atoms with Crippen LogP contribution >= 0.6 is 0 Å². The number of amides is 1. The lowest BCUT2D eigenvalue weighted by atomic mass is 9.65. The van der Waals surface area contributed by atoms with Gasteiger partial charge in [-0.25, -0.2) is 0 Å². The van der Waals surface area contributed by atoms with Crippen molar-refractivity contribution in [3.8, 4) is 5.75 Å². The fourth-order valence-corrected chi connectivity index (χ4v) is 11.9. The van der Waals surface area contributed by atoms with E-state index >= 15 is 0 Å². The van der Waals surface area contributed by atoms with Crippen molar-refractivity contribution in [1.29, 1.82) is 0 Å². The maximum Gasteiger partial charge on any atom is 0.293 e. The van der Waals surface area contributed by atoms with Gasteiger partial charge in [0.15, 0.2) is 5.78 Å². The fourth-order valence-electron chi connectivity index (χ4n) is 11.9. The van der Waals surface area contributed by atoms with Crippen LogP contribution in [0.4, 0.5) is 0 Å². The van der Waals surface area contributed by atoms with Gasteiger partial charge in [0, 0.05) is 69.6 Å². The lowest BCUT2D eigenvalue weighted by Gasteiger charge is -2.47. The smallest absolute Gasteiger partial charge is 0.293 e. The maximum absolute atomic E-state index is 14.7. The molecular formula is C53H78N2O10. The van der Waals surface area contributed by atoms with E-state index in [0.717, 1.165) is 28.5 Å². The van der Waals surface area contributed by atoms with Gasteiger partial charge in [-0.15, -0.1) is 0 Å². The molecule has 1 saturated heterocycles. The minimum absolute atomic E-state index is 0.0101. The minimum Gasteiger partial charge on any atom is -0.488 e. The summed E-state index contributed by atoms with van der Waals surface area (Å²) in [6.07, 6.45) is 8.99. The Morgan fingerprint density at radius 1 is 0.877 bits per heavy atom. The molecular weight excluding hydrogens is 825 g/mol. The van der Waals surface area contributed by atoms with Gasteiger partial charge in [0.25, 0.3) is 11.7 Å². The van der Waals surface area contributed by atoms with Crippen molar-refractivity contribution in [2.75, 3.05) is 20.8 Å². The number of aliphatic hydroxyl groups excluding tert-OH is 2. The molecule has 0 spiro atoms. The number of carbonyl (C=O) groups excluding carboxylic acids is 4. The van der Waals surface area contributed by atoms with Crippen LogP contribution < -0.4 is 4.74 Å². The van der Waals surface area contributed by atoms with Crippen LogP contribution in [0.2, 0.25) is 0 Å². The maximum atomic E-state index is 14.7. The number of benzene rings is 1. The van der Waals surface area contributed by atoms with Gasteiger partial charge >= 0.3 is 0 Å². The molecule has 12 nitrogen and oxygen atoms in total. The van der Waals surface area contributed by atoms with E-state index in [2.05, 4.69) is 13.0 Å². The predicted octanol–water partition coefficient (Wildman–Crippen LogP) is 7.72. The highest BCUT2D eigenvalue weighted by molar-refractivity contribution is 6.39. The number of ether oxygens (including phenoxy) is 3. The average molecular weight is 903 g/mol. The van der Waals surface area contributed by atoms with E-state index in [-0.39, 0.29) is 79.4 Å². The third kappa shape index (κ3) is 11.5. The summed E-state index contributed by atoms with van der Waals surface area (Å²) >= 11 is 0. The molecule has 1 aromatic heterocycles. The molecule has 14 unspecified atom stereocenters. The van der Waals surface area contributed by atoms with Crippen LogP contribution in [0.1, 0.15) is 125 Å². The Morgan fingerprint density at radius 2 is 1.60 bits per heavy atom.